The summed E-state index contributed by atoms with van der Waals surface area (Å²) in [6.45, 7) is 11.3. The number of unbranched alkanes of at least 4 members (excludes halogenated alkanes) is 26. The molecule has 0 saturated carbocycles. The average molecular weight is 765 g/mol. The standard InChI is InChI=1S/C48H92O6/c1-6-8-9-10-11-12-13-14-15-16-17-18-19-22-28-33-38-46(49)52-41-45(54-48(51)40-35-30-23-20-21-26-31-36-43(3)4)42-53-47(50)39-34-29-25-24-27-32-37-44(5)7-2/h43-45H,6-42H2,1-5H3/t44?,45-/m0/s1. The molecule has 1 unspecified atom stereocenters. The predicted molar refractivity (Wildman–Crippen MR) is 229 cm³/mol. The molecule has 0 aromatic rings. The number of rotatable bonds is 42. The minimum absolute atomic E-state index is 0.0657. The number of carbonyl (C=O) groups excluding carboxylic acids is 3. The lowest BCUT2D eigenvalue weighted by molar-refractivity contribution is -0.167. The Labute approximate surface area is 336 Å². The van der Waals surface area contributed by atoms with Crippen molar-refractivity contribution in [1.29, 1.82) is 0 Å². The molecule has 54 heavy (non-hydrogen) atoms. The van der Waals surface area contributed by atoms with Crippen molar-refractivity contribution < 1.29 is 28.6 Å². The minimum Gasteiger partial charge on any atom is -0.462 e. The summed E-state index contributed by atoms with van der Waals surface area (Å²) in [5.41, 5.74) is 0. The Kier molecular flexibility index (Phi) is 39.8. The van der Waals surface area contributed by atoms with Crippen LogP contribution in [-0.4, -0.2) is 37.2 Å². The van der Waals surface area contributed by atoms with Crippen LogP contribution < -0.4 is 0 Å². The zero-order valence-electron chi connectivity index (χ0n) is 36.8. The van der Waals surface area contributed by atoms with Gasteiger partial charge in [-0.2, -0.15) is 0 Å². The van der Waals surface area contributed by atoms with Gasteiger partial charge in [-0.15, -0.1) is 0 Å². The SMILES string of the molecule is CCCCCCCCCCCCCCCCCCC(=O)OC[C@@H](COC(=O)CCCCCCCCC(C)CC)OC(=O)CCCCCCCCCC(C)C. The number of hydrogen-bond acceptors (Lipinski definition) is 6. The van der Waals surface area contributed by atoms with Crippen LogP contribution in [0.3, 0.4) is 0 Å². The third kappa shape index (κ3) is 40.1. The minimum atomic E-state index is -0.761. The second-order valence-electron chi connectivity index (χ2n) is 17.1. The van der Waals surface area contributed by atoms with Crippen LogP contribution in [0.5, 0.6) is 0 Å². The third-order valence-corrected chi connectivity index (χ3v) is 11.1. The van der Waals surface area contributed by atoms with Gasteiger partial charge in [0, 0.05) is 19.3 Å². The molecule has 0 aromatic carbocycles. The highest BCUT2D eigenvalue weighted by Crippen LogP contribution is 2.17. The second kappa shape index (κ2) is 41.1. The van der Waals surface area contributed by atoms with Gasteiger partial charge >= 0.3 is 17.9 Å². The van der Waals surface area contributed by atoms with E-state index in [2.05, 4.69) is 34.6 Å². The van der Waals surface area contributed by atoms with Gasteiger partial charge in [0.25, 0.3) is 0 Å². The van der Waals surface area contributed by atoms with Gasteiger partial charge in [0.05, 0.1) is 0 Å². The van der Waals surface area contributed by atoms with Crippen LogP contribution in [0.25, 0.3) is 0 Å². The first kappa shape index (κ1) is 52.4. The molecule has 2 atom stereocenters. The highest BCUT2D eigenvalue weighted by atomic mass is 16.6. The van der Waals surface area contributed by atoms with E-state index in [4.69, 9.17) is 14.2 Å². The summed E-state index contributed by atoms with van der Waals surface area (Å²) in [6, 6.07) is 0. The van der Waals surface area contributed by atoms with E-state index >= 15 is 0 Å². The van der Waals surface area contributed by atoms with E-state index in [9.17, 15) is 14.4 Å². The maximum Gasteiger partial charge on any atom is 0.306 e. The predicted octanol–water partition coefficient (Wildman–Crippen LogP) is 15.0. The van der Waals surface area contributed by atoms with Crippen molar-refractivity contribution in [2.45, 2.75) is 265 Å². The Balaban J connectivity index is 4.28. The molecule has 0 spiro atoms. The lowest BCUT2D eigenvalue weighted by atomic mass is 10.00. The molecular formula is C48H92O6. The molecule has 6 heteroatoms. The van der Waals surface area contributed by atoms with Crippen molar-refractivity contribution in [3.8, 4) is 0 Å². The van der Waals surface area contributed by atoms with E-state index in [1.54, 1.807) is 0 Å². The first-order valence-corrected chi connectivity index (χ1v) is 23.8. The Morgan fingerprint density at radius 3 is 1.06 bits per heavy atom. The van der Waals surface area contributed by atoms with Gasteiger partial charge in [0.15, 0.2) is 6.10 Å². The number of carbonyl (C=O) groups is 3. The van der Waals surface area contributed by atoms with Crippen molar-refractivity contribution in [2.24, 2.45) is 11.8 Å². The van der Waals surface area contributed by atoms with Gasteiger partial charge in [-0.3, -0.25) is 14.4 Å². The molecule has 6 nitrogen and oxygen atoms in total. The zero-order chi connectivity index (χ0) is 39.7. The number of hydrogen-bond donors (Lipinski definition) is 0. The Hall–Kier alpha value is -1.59. The topological polar surface area (TPSA) is 78.9 Å². The molecule has 0 aliphatic carbocycles. The number of esters is 3. The van der Waals surface area contributed by atoms with Gasteiger partial charge in [-0.05, 0) is 31.1 Å². The second-order valence-corrected chi connectivity index (χ2v) is 17.1. The fraction of sp³-hybridized carbons (Fsp3) is 0.938. The lowest BCUT2D eigenvalue weighted by Crippen LogP contribution is -2.30. The molecule has 0 aliphatic rings. The van der Waals surface area contributed by atoms with Gasteiger partial charge in [0.2, 0.25) is 0 Å². The van der Waals surface area contributed by atoms with E-state index < -0.39 is 6.10 Å². The van der Waals surface area contributed by atoms with Gasteiger partial charge in [0.1, 0.15) is 13.2 Å². The van der Waals surface area contributed by atoms with E-state index in [1.807, 2.05) is 0 Å². The molecule has 320 valence electrons. The largest absolute Gasteiger partial charge is 0.462 e. The van der Waals surface area contributed by atoms with Crippen LogP contribution in [0.4, 0.5) is 0 Å². The molecular weight excluding hydrogens is 673 g/mol. The monoisotopic (exact) mass is 765 g/mol. The normalized spacial score (nSPS) is 12.6. The van der Waals surface area contributed by atoms with E-state index in [0.717, 1.165) is 69.6 Å². The van der Waals surface area contributed by atoms with Crippen LogP contribution in [0.2, 0.25) is 0 Å². The van der Waals surface area contributed by atoms with Crippen molar-refractivity contribution in [2.75, 3.05) is 13.2 Å². The molecule has 0 rings (SSSR count). The molecule has 0 aromatic heterocycles. The highest BCUT2D eigenvalue weighted by Gasteiger charge is 2.19. The molecule has 0 heterocycles. The van der Waals surface area contributed by atoms with Crippen LogP contribution in [0, 0.1) is 11.8 Å². The zero-order valence-corrected chi connectivity index (χ0v) is 36.8. The summed E-state index contributed by atoms with van der Waals surface area (Å²) >= 11 is 0. The van der Waals surface area contributed by atoms with Crippen LogP contribution >= 0.6 is 0 Å². The maximum atomic E-state index is 12.7. The first-order valence-electron chi connectivity index (χ1n) is 23.8. The summed E-state index contributed by atoms with van der Waals surface area (Å²) in [5.74, 6) is 0.731. The van der Waals surface area contributed by atoms with Crippen LogP contribution in [-0.2, 0) is 28.6 Å². The fourth-order valence-electron chi connectivity index (χ4n) is 7.07. The fourth-order valence-corrected chi connectivity index (χ4v) is 7.07. The van der Waals surface area contributed by atoms with Gasteiger partial charge in [-0.25, -0.2) is 0 Å². The lowest BCUT2D eigenvalue weighted by Gasteiger charge is -2.18. The van der Waals surface area contributed by atoms with Crippen molar-refractivity contribution >= 4 is 17.9 Å². The molecule has 0 aliphatic heterocycles. The van der Waals surface area contributed by atoms with E-state index in [0.29, 0.717) is 19.3 Å². The molecule has 0 radical (unpaired) electrons. The van der Waals surface area contributed by atoms with E-state index in [1.165, 1.54) is 148 Å². The Morgan fingerprint density at radius 2 is 0.704 bits per heavy atom. The molecule has 0 bridgehead atoms. The smallest absolute Gasteiger partial charge is 0.306 e. The quantitative estimate of drug-likeness (QED) is 0.0350. The van der Waals surface area contributed by atoms with Crippen molar-refractivity contribution in [3.05, 3.63) is 0 Å². The average Bonchev–Trinajstić information content (AvgIpc) is 3.15. The summed E-state index contributed by atoms with van der Waals surface area (Å²) in [4.78, 5) is 37.7. The summed E-state index contributed by atoms with van der Waals surface area (Å²) < 4.78 is 16.7. The van der Waals surface area contributed by atoms with Crippen molar-refractivity contribution in [1.82, 2.24) is 0 Å². The Bertz CT molecular complexity index is 826. The van der Waals surface area contributed by atoms with Crippen molar-refractivity contribution in [3.63, 3.8) is 0 Å². The third-order valence-electron chi connectivity index (χ3n) is 11.1. The van der Waals surface area contributed by atoms with E-state index in [-0.39, 0.29) is 31.1 Å². The first-order chi connectivity index (χ1) is 26.3. The summed E-state index contributed by atoms with van der Waals surface area (Å²) in [5, 5.41) is 0. The molecule has 0 amide bonds. The van der Waals surface area contributed by atoms with Gasteiger partial charge < -0.3 is 14.2 Å². The molecule has 0 saturated heterocycles. The highest BCUT2D eigenvalue weighted by molar-refractivity contribution is 5.71. The van der Waals surface area contributed by atoms with Crippen LogP contribution in [0.1, 0.15) is 259 Å². The summed E-state index contributed by atoms with van der Waals surface area (Å²) in [7, 11) is 0. The van der Waals surface area contributed by atoms with Gasteiger partial charge in [-0.1, -0.05) is 221 Å². The maximum absolute atomic E-state index is 12.7. The molecule has 0 N–H and O–H groups in total. The molecule has 0 fully saturated rings. The summed E-state index contributed by atoms with van der Waals surface area (Å²) in [6.07, 6.45) is 39.6. The number of ether oxygens (including phenoxy) is 3. The Morgan fingerprint density at radius 1 is 0.389 bits per heavy atom. The van der Waals surface area contributed by atoms with Crippen LogP contribution in [0.15, 0.2) is 0 Å².